The van der Waals surface area contributed by atoms with Crippen molar-refractivity contribution in [2.75, 3.05) is 13.1 Å². The first kappa shape index (κ1) is 21.6. The predicted molar refractivity (Wildman–Crippen MR) is 97.4 cm³/mol. The predicted octanol–water partition coefficient (Wildman–Crippen LogP) is 3.29. The fourth-order valence-corrected chi connectivity index (χ4v) is 3.26. The van der Waals surface area contributed by atoms with Crippen LogP contribution in [0.1, 0.15) is 50.7 Å². The van der Waals surface area contributed by atoms with Gasteiger partial charge in [0, 0.05) is 17.2 Å². The van der Waals surface area contributed by atoms with Crippen LogP contribution in [0.2, 0.25) is 0 Å². The molecular weight excluding hydrogens is 341 g/mol. The largest absolute Gasteiger partial charge is 0.350 e. The van der Waals surface area contributed by atoms with Crippen molar-refractivity contribution in [2.45, 2.75) is 52.0 Å². The van der Waals surface area contributed by atoms with Crippen molar-refractivity contribution in [3.05, 3.63) is 16.1 Å². The van der Waals surface area contributed by atoms with Gasteiger partial charge >= 0.3 is 0 Å². The fraction of sp³-hybridized carbons (Fsp3) is 0.733. The summed E-state index contributed by atoms with van der Waals surface area (Å²) >= 11 is 1.63. The molecular formula is C15H27Cl2N3OS. The molecule has 1 amide bonds. The van der Waals surface area contributed by atoms with E-state index in [1.165, 1.54) is 6.42 Å². The number of hydrogen-bond acceptors (Lipinski definition) is 4. The molecule has 7 heteroatoms. The minimum Gasteiger partial charge on any atom is -0.350 e. The van der Waals surface area contributed by atoms with Gasteiger partial charge < -0.3 is 10.6 Å². The van der Waals surface area contributed by atoms with Crippen LogP contribution in [0, 0.1) is 5.92 Å². The van der Waals surface area contributed by atoms with E-state index in [-0.39, 0.29) is 36.1 Å². The molecule has 4 nitrogen and oxygen atoms in total. The summed E-state index contributed by atoms with van der Waals surface area (Å²) in [4.78, 5) is 16.4. The van der Waals surface area contributed by atoms with E-state index in [0.717, 1.165) is 30.2 Å². The van der Waals surface area contributed by atoms with Gasteiger partial charge in [-0.3, -0.25) is 4.79 Å². The summed E-state index contributed by atoms with van der Waals surface area (Å²) in [7, 11) is 0. The van der Waals surface area contributed by atoms with Crippen LogP contribution in [0.5, 0.6) is 0 Å². The number of thiazole rings is 1. The van der Waals surface area contributed by atoms with Crippen LogP contribution >= 0.6 is 36.2 Å². The van der Waals surface area contributed by atoms with Crippen LogP contribution in [0.15, 0.2) is 5.38 Å². The number of carbonyl (C=O) groups is 1. The molecule has 1 aromatic rings. The highest BCUT2D eigenvalue weighted by Gasteiger charge is 2.18. The fourth-order valence-electron chi connectivity index (χ4n) is 2.30. The molecule has 2 N–H and O–H groups in total. The lowest BCUT2D eigenvalue weighted by Crippen LogP contribution is -2.23. The Bertz CT molecular complexity index is 454. The molecule has 128 valence electrons. The van der Waals surface area contributed by atoms with Crippen LogP contribution in [-0.2, 0) is 16.8 Å². The van der Waals surface area contributed by atoms with Crippen LogP contribution in [0.4, 0.5) is 0 Å². The van der Waals surface area contributed by atoms with Crippen molar-refractivity contribution in [3.8, 4) is 0 Å². The van der Waals surface area contributed by atoms with Crippen LogP contribution < -0.4 is 10.6 Å². The van der Waals surface area contributed by atoms with Gasteiger partial charge in [0.05, 0.1) is 12.2 Å². The normalized spacial score (nSPS) is 17.5. The molecule has 2 heterocycles. The standard InChI is InChI=1S/C15H25N3OS.2ClH/c1-15(2,3)12-10-20-14(18-12)9-17-13(19)5-4-11-6-7-16-8-11;;/h10-11,16H,4-9H2,1-3H3,(H,17,19);2*1H. The van der Waals surface area contributed by atoms with Crippen molar-refractivity contribution in [2.24, 2.45) is 5.92 Å². The Morgan fingerprint density at radius 3 is 2.73 bits per heavy atom. The number of halogens is 2. The minimum absolute atomic E-state index is 0. The number of nitrogens with one attached hydrogen (secondary N) is 2. The number of rotatable bonds is 5. The first-order valence-electron chi connectivity index (χ1n) is 7.37. The summed E-state index contributed by atoms with van der Waals surface area (Å²) in [5.74, 6) is 0.817. The highest BCUT2D eigenvalue weighted by molar-refractivity contribution is 7.09. The lowest BCUT2D eigenvalue weighted by atomic mass is 9.93. The molecule has 0 spiro atoms. The first-order chi connectivity index (χ1) is 9.45. The maximum absolute atomic E-state index is 11.8. The van der Waals surface area contributed by atoms with Crippen molar-refractivity contribution in [1.82, 2.24) is 15.6 Å². The SMILES string of the molecule is CC(C)(C)c1csc(CNC(=O)CCC2CCNC2)n1.Cl.Cl. The number of aromatic nitrogens is 1. The van der Waals surface area contributed by atoms with E-state index in [9.17, 15) is 4.79 Å². The van der Waals surface area contributed by atoms with Gasteiger partial charge in [0.1, 0.15) is 5.01 Å². The van der Waals surface area contributed by atoms with E-state index < -0.39 is 0 Å². The maximum Gasteiger partial charge on any atom is 0.220 e. The second-order valence-electron chi connectivity index (χ2n) is 6.55. The van der Waals surface area contributed by atoms with Gasteiger partial charge in [-0.2, -0.15) is 0 Å². The Morgan fingerprint density at radius 2 is 2.18 bits per heavy atom. The highest BCUT2D eigenvalue weighted by Crippen LogP contribution is 2.23. The quantitative estimate of drug-likeness (QED) is 0.839. The van der Waals surface area contributed by atoms with Crippen molar-refractivity contribution >= 4 is 42.1 Å². The summed E-state index contributed by atoms with van der Waals surface area (Å²) in [6.45, 7) is 9.18. The summed E-state index contributed by atoms with van der Waals surface area (Å²) in [6, 6.07) is 0. The zero-order valence-electron chi connectivity index (χ0n) is 13.5. The molecule has 22 heavy (non-hydrogen) atoms. The summed E-state index contributed by atoms with van der Waals surface area (Å²) in [5.41, 5.74) is 1.18. The third-order valence-corrected chi connectivity index (χ3v) is 4.55. The Morgan fingerprint density at radius 1 is 1.45 bits per heavy atom. The molecule has 2 rings (SSSR count). The third kappa shape index (κ3) is 6.82. The molecule has 1 saturated heterocycles. The van der Waals surface area contributed by atoms with E-state index in [4.69, 9.17) is 0 Å². The van der Waals surface area contributed by atoms with Gasteiger partial charge in [0.25, 0.3) is 0 Å². The van der Waals surface area contributed by atoms with E-state index in [1.54, 1.807) is 11.3 Å². The summed E-state index contributed by atoms with van der Waals surface area (Å²) < 4.78 is 0. The number of carbonyl (C=O) groups excluding carboxylic acids is 1. The summed E-state index contributed by atoms with van der Waals surface area (Å²) in [6.07, 6.45) is 2.82. The zero-order valence-corrected chi connectivity index (χ0v) is 15.9. The van der Waals surface area contributed by atoms with Crippen LogP contribution in [0.3, 0.4) is 0 Å². The second-order valence-corrected chi connectivity index (χ2v) is 7.49. The average Bonchev–Trinajstić information content (AvgIpc) is 3.04. The Balaban J connectivity index is 0.00000220. The molecule has 0 bridgehead atoms. The lowest BCUT2D eigenvalue weighted by molar-refractivity contribution is -0.121. The Kier molecular flexibility index (Phi) is 9.55. The maximum atomic E-state index is 11.8. The van der Waals surface area contributed by atoms with E-state index in [2.05, 4.69) is 41.8 Å². The van der Waals surface area contributed by atoms with Gasteiger partial charge in [-0.15, -0.1) is 36.2 Å². The highest BCUT2D eigenvalue weighted by atomic mass is 35.5. The molecule has 1 atom stereocenters. The van der Waals surface area contributed by atoms with Crippen molar-refractivity contribution in [1.29, 1.82) is 0 Å². The monoisotopic (exact) mass is 367 g/mol. The molecule has 1 aliphatic heterocycles. The zero-order chi connectivity index (χ0) is 14.6. The molecule has 1 aliphatic rings. The van der Waals surface area contributed by atoms with Crippen molar-refractivity contribution < 1.29 is 4.79 Å². The smallest absolute Gasteiger partial charge is 0.220 e. The summed E-state index contributed by atoms with van der Waals surface area (Å²) in [5, 5.41) is 9.39. The second kappa shape index (κ2) is 9.71. The molecule has 0 aliphatic carbocycles. The van der Waals surface area contributed by atoms with Crippen molar-refractivity contribution in [3.63, 3.8) is 0 Å². The number of hydrogen-bond donors (Lipinski definition) is 2. The molecule has 1 fully saturated rings. The third-order valence-electron chi connectivity index (χ3n) is 3.70. The Labute approximate surface area is 149 Å². The number of amides is 1. The van der Waals surface area contributed by atoms with Gasteiger partial charge in [0.15, 0.2) is 0 Å². The van der Waals surface area contributed by atoms with Crippen LogP contribution in [-0.4, -0.2) is 24.0 Å². The molecule has 1 aromatic heterocycles. The molecule has 1 unspecified atom stereocenters. The average molecular weight is 368 g/mol. The van der Waals surface area contributed by atoms with Gasteiger partial charge in [-0.1, -0.05) is 20.8 Å². The van der Waals surface area contributed by atoms with E-state index in [0.29, 0.717) is 18.9 Å². The Hall–Kier alpha value is -0.360. The number of nitrogens with zero attached hydrogens (tertiary/aromatic N) is 1. The topological polar surface area (TPSA) is 54.0 Å². The molecule has 0 saturated carbocycles. The first-order valence-corrected chi connectivity index (χ1v) is 8.25. The van der Waals surface area contributed by atoms with Crippen LogP contribution in [0.25, 0.3) is 0 Å². The van der Waals surface area contributed by atoms with E-state index in [1.807, 2.05) is 0 Å². The van der Waals surface area contributed by atoms with Gasteiger partial charge in [0.2, 0.25) is 5.91 Å². The van der Waals surface area contributed by atoms with Gasteiger partial charge in [-0.05, 0) is 31.8 Å². The lowest BCUT2D eigenvalue weighted by Gasteiger charge is -2.14. The van der Waals surface area contributed by atoms with E-state index >= 15 is 0 Å². The molecule has 0 radical (unpaired) electrons. The molecule has 0 aromatic carbocycles. The van der Waals surface area contributed by atoms with Gasteiger partial charge in [-0.25, -0.2) is 4.98 Å². The minimum atomic E-state index is 0.